The van der Waals surface area contributed by atoms with Gasteiger partial charge in [0.15, 0.2) is 5.76 Å². The van der Waals surface area contributed by atoms with Crippen molar-refractivity contribution in [1.82, 2.24) is 15.1 Å². The van der Waals surface area contributed by atoms with Gasteiger partial charge < -0.3 is 9.73 Å². The van der Waals surface area contributed by atoms with Crippen LogP contribution in [-0.2, 0) is 6.54 Å². The van der Waals surface area contributed by atoms with Crippen LogP contribution in [0.15, 0.2) is 70.1 Å². The number of rotatable bonds is 5. The number of amides is 1. The molecular weight excluding hydrogens is 294 g/mol. The second kappa shape index (κ2) is 6.74. The third-order valence-electron chi connectivity index (χ3n) is 3.29. The number of carbonyl (C=O) groups excluding carboxylic acids is 1. The Hall–Kier alpha value is -3.15. The summed E-state index contributed by atoms with van der Waals surface area (Å²) in [5.74, 6) is 0.410. The van der Waals surface area contributed by atoms with Gasteiger partial charge in [0.25, 0.3) is 11.5 Å². The molecule has 116 valence electrons. The number of carbonyl (C=O) groups is 1. The van der Waals surface area contributed by atoms with E-state index in [1.807, 2.05) is 6.07 Å². The number of hydrogen-bond acceptors (Lipinski definition) is 4. The lowest BCUT2D eigenvalue weighted by Gasteiger charge is -2.07. The fraction of sp³-hybridized carbons (Fsp3) is 0.118. The predicted octanol–water partition coefficient (Wildman–Crippen LogP) is 1.93. The Labute approximate surface area is 132 Å². The van der Waals surface area contributed by atoms with E-state index in [0.29, 0.717) is 23.6 Å². The van der Waals surface area contributed by atoms with Gasteiger partial charge in [0, 0.05) is 18.2 Å². The van der Waals surface area contributed by atoms with Gasteiger partial charge in [0.2, 0.25) is 0 Å². The highest BCUT2D eigenvalue weighted by Crippen LogP contribution is 2.14. The third kappa shape index (κ3) is 3.55. The summed E-state index contributed by atoms with van der Waals surface area (Å²) in [5, 5.41) is 7.01. The number of hydrogen-bond donors (Lipinski definition) is 1. The van der Waals surface area contributed by atoms with Crippen LogP contribution in [0.5, 0.6) is 0 Å². The Morgan fingerprint density at radius 3 is 2.65 bits per heavy atom. The zero-order valence-corrected chi connectivity index (χ0v) is 12.3. The van der Waals surface area contributed by atoms with Crippen LogP contribution in [0.2, 0.25) is 0 Å². The maximum absolute atomic E-state index is 11.9. The molecule has 1 aromatic carbocycles. The maximum Gasteiger partial charge on any atom is 0.266 e. The van der Waals surface area contributed by atoms with Crippen LogP contribution >= 0.6 is 0 Å². The van der Waals surface area contributed by atoms with Crippen LogP contribution in [0.1, 0.15) is 10.4 Å². The Morgan fingerprint density at radius 2 is 1.91 bits per heavy atom. The molecule has 0 aliphatic carbocycles. The van der Waals surface area contributed by atoms with Crippen LogP contribution in [0, 0.1) is 0 Å². The van der Waals surface area contributed by atoms with Crippen molar-refractivity contribution in [3.05, 3.63) is 76.8 Å². The highest BCUT2D eigenvalue weighted by Gasteiger charge is 2.07. The maximum atomic E-state index is 11.9. The van der Waals surface area contributed by atoms with Crippen molar-refractivity contribution in [3.8, 4) is 11.5 Å². The molecule has 0 spiro atoms. The molecular formula is C17H15N3O3. The van der Waals surface area contributed by atoms with Gasteiger partial charge in [0.1, 0.15) is 5.69 Å². The van der Waals surface area contributed by atoms with Gasteiger partial charge in [-0.2, -0.15) is 5.10 Å². The summed E-state index contributed by atoms with van der Waals surface area (Å²) in [6, 6.07) is 15.5. The SMILES string of the molecule is O=C(NCCn1nc(-c2ccco2)ccc1=O)c1ccccc1. The molecule has 0 saturated heterocycles. The van der Waals surface area contributed by atoms with E-state index in [-0.39, 0.29) is 18.0 Å². The van der Waals surface area contributed by atoms with E-state index in [1.54, 1.807) is 48.7 Å². The summed E-state index contributed by atoms with van der Waals surface area (Å²) >= 11 is 0. The first-order valence-corrected chi connectivity index (χ1v) is 7.19. The fourth-order valence-corrected chi connectivity index (χ4v) is 2.13. The zero-order chi connectivity index (χ0) is 16.1. The summed E-state index contributed by atoms with van der Waals surface area (Å²) in [4.78, 5) is 23.8. The molecule has 0 atom stereocenters. The molecule has 0 saturated carbocycles. The van der Waals surface area contributed by atoms with Crippen molar-refractivity contribution < 1.29 is 9.21 Å². The van der Waals surface area contributed by atoms with E-state index in [0.717, 1.165) is 0 Å². The second-order valence-electron chi connectivity index (χ2n) is 4.88. The van der Waals surface area contributed by atoms with Crippen LogP contribution in [0.4, 0.5) is 0 Å². The number of benzene rings is 1. The standard InChI is InChI=1S/C17H15N3O3/c21-16-9-8-14(15-7-4-12-23-15)19-20(16)11-10-18-17(22)13-5-2-1-3-6-13/h1-9,12H,10-11H2,(H,18,22). The van der Waals surface area contributed by atoms with E-state index in [4.69, 9.17) is 4.42 Å². The lowest BCUT2D eigenvalue weighted by Crippen LogP contribution is -2.31. The molecule has 0 aliphatic heterocycles. The van der Waals surface area contributed by atoms with E-state index >= 15 is 0 Å². The first-order valence-electron chi connectivity index (χ1n) is 7.19. The van der Waals surface area contributed by atoms with Crippen molar-refractivity contribution >= 4 is 5.91 Å². The molecule has 3 rings (SSSR count). The second-order valence-corrected chi connectivity index (χ2v) is 4.88. The highest BCUT2D eigenvalue weighted by molar-refractivity contribution is 5.94. The Morgan fingerprint density at radius 1 is 1.09 bits per heavy atom. The number of aromatic nitrogens is 2. The van der Waals surface area contributed by atoms with Crippen molar-refractivity contribution in [3.63, 3.8) is 0 Å². The first-order chi connectivity index (χ1) is 11.2. The Balaban J connectivity index is 1.65. The van der Waals surface area contributed by atoms with Gasteiger partial charge >= 0.3 is 0 Å². The van der Waals surface area contributed by atoms with Crippen molar-refractivity contribution in [2.75, 3.05) is 6.54 Å². The van der Waals surface area contributed by atoms with E-state index < -0.39 is 0 Å². The molecule has 0 aliphatic rings. The summed E-state index contributed by atoms with van der Waals surface area (Å²) in [7, 11) is 0. The number of nitrogens with zero attached hydrogens (tertiary/aromatic N) is 2. The molecule has 0 radical (unpaired) electrons. The van der Waals surface area contributed by atoms with Crippen LogP contribution in [0.25, 0.3) is 11.5 Å². The van der Waals surface area contributed by atoms with Crippen molar-refractivity contribution in [1.29, 1.82) is 0 Å². The molecule has 23 heavy (non-hydrogen) atoms. The molecule has 0 bridgehead atoms. The normalized spacial score (nSPS) is 10.4. The zero-order valence-electron chi connectivity index (χ0n) is 12.3. The molecule has 0 fully saturated rings. The minimum Gasteiger partial charge on any atom is -0.463 e. The van der Waals surface area contributed by atoms with Crippen LogP contribution < -0.4 is 10.9 Å². The topological polar surface area (TPSA) is 77.1 Å². The molecule has 6 nitrogen and oxygen atoms in total. The van der Waals surface area contributed by atoms with Crippen molar-refractivity contribution in [2.45, 2.75) is 6.54 Å². The van der Waals surface area contributed by atoms with Gasteiger partial charge in [-0.15, -0.1) is 0 Å². The molecule has 1 amide bonds. The average Bonchev–Trinajstić information content (AvgIpc) is 3.12. The van der Waals surface area contributed by atoms with E-state index in [1.165, 1.54) is 10.7 Å². The summed E-state index contributed by atoms with van der Waals surface area (Å²) in [6.07, 6.45) is 1.55. The van der Waals surface area contributed by atoms with Gasteiger partial charge in [-0.25, -0.2) is 4.68 Å². The molecule has 1 N–H and O–H groups in total. The largest absolute Gasteiger partial charge is 0.463 e. The van der Waals surface area contributed by atoms with Gasteiger partial charge in [0.05, 0.1) is 12.8 Å². The van der Waals surface area contributed by atoms with Gasteiger partial charge in [-0.3, -0.25) is 9.59 Å². The Bertz CT molecular complexity index is 839. The monoisotopic (exact) mass is 309 g/mol. The van der Waals surface area contributed by atoms with Gasteiger partial charge in [-0.05, 0) is 30.3 Å². The summed E-state index contributed by atoms with van der Waals surface area (Å²) in [6.45, 7) is 0.591. The smallest absolute Gasteiger partial charge is 0.266 e. The van der Waals surface area contributed by atoms with Crippen LogP contribution in [-0.4, -0.2) is 22.2 Å². The molecule has 2 heterocycles. The quantitative estimate of drug-likeness (QED) is 0.781. The van der Waals surface area contributed by atoms with Crippen molar-refractivity contribution in [2.24, 2.45) is 0 Å². The minimum absolute atomic E-state index is 0.180. The predicted molar refractivity (Wildman–Crippen MR) is 85.0 cm³/mol. The summed E-state index contributed by atoms with van der Waals surface area (Å²) < 4.78 is 6.58. The first kappa shape index (κ1) is 14.8. The lowest BCUT2D eigenvalue weighted by atomic mass is 10.2. The van der Waals surface area contributed by atoms with Gasteiger partial charge in [-0.1, -0.05) is 18.2 Å². The fourth-order valence-electron chi connectivity index (χ4n) is 2.13. The molecule has 0 unspecified atom stereocenters. The number of furan rings is 1. The Kier molecular flexibility index (Phi) is 4.33. The van der Waals surface area contributed by atoms with E-state index in [2.05, 4.69) is 10.4 Å². The molecule has 6 heteroatoms. The lowest BCUT2D eigenvalue weighted by molar-refractivity contribution is 0.0951. The van der Waals surface area contributed by atoms with E-state index in [9.17, 15) is 9.59 Å². The minimum atomic E-state index is -0.228. The molecule has 2 aromatic heterocycles. The van der Waals surface area contributed by atoms with Crippen LogP contribution in [0.3, 0.4) is 0 Å². The third-order valence-corrected chi connectivity index (χ3v) is 3.29. The summed E-state index contributed by atoms with van der Waals surface area (Å²) in [5.41, 5.74) is 0.926. The average molecular weight is 309 g/mol. The number of nitrogens with one attached hydrogen (secondary N) is 1. The highest BCUT2D eigenvalue weighted by atomic mass is 16.3. The molecule has 3 aromatic rings.